The van der Waals surface area contributed by atoms with E-state index in [0.29, 0.717) is 0 Å². The number of thiophene rings is 1. The van der Waals surface area contributed by atoms with Crippen molar-refractivity contribution in [2.75, 3.05) is 0 Å². The van der Waals surface area contributed by atoms with Gasteiger partial charge in [0.2, 0.25) is 0 Å². The summed E-state index contributed by atoms with van der Waals surface area (Å²) in [5.41, 5.74) is 5.69. The van der Waals surface area contributed by atoms with Gasteiger partial charge in [-0.05, 0) is 58.4 Å². The van der Waals surface area contributed by atoms with Crippen LogP contribution in [0.25, 0.3) is 42.7 Å². The van der Waals surface area contributed by atoms with Crippen molar-refractivity contribution in [3.05, 3.63) is 115 Å². The van der Waals surface area contributed by atoms with Crippen LogP contribution in [-0.4, -0.2) is 18.0 Å². The quantitative estimate of drug-likeness (QED) is 0.135. The summed E-state index contributed by atoms with van der Waals surface area (Å²) in [6, 6.07) is 36.1. The van der Waals surface area contributed by atoms with Crippen molar-refractivity contribution in [3.63, 3.8) is 0 Å². The second-order valence-corrected chi connectivity index (χ2v) is 17.0. The fourth-order valence-corrected chi connectivity index (χ4v) is 7.72. The van der Waals surface area contributed by atoms with Crippen LogP contribution < -0.4 is 5.19 Å². The zero-order valence-corrected chi connectivity index (χ0v) is 26.6. The van der Waals surface area contributed by atoms with Gasteiger partial charge in [0, 0.05) is 45.3 Å². The van der Waals surface area contributed by atoms with Gasteiger partial charge in [-0.1, -0.05) is 67.0 Å². The molecule has 3 heterocycles. The van der Waals surface area contributed by atoms with E-state index in [9.17, 15) is 0 Å². The second-order valence-electron chi connectivity index (χ2n) is 10.9. The van der Waals surface area contributed by atoms with Gasteiger partial charge in [-0.2, -0.15) is 11.3 Å². The van der Waals surface area contributed by atoms with Crippen molar-refractivity contribution in [1.82, 2.24) is 9.97 Å². The molecule has 197 valence electrons. The Morgan fingerprint density at radius 2 is 1.59 bits per heavy atom. The molecule has 0 aliphatic heterocycles. The third-order valence-corrected chi connectivity index (χ3v) is 10.2. The van der Waals surface area contributed by atoms with Gasteiger partial charge in [-0.3, -0.25) is 0 Å². The van der Waals surface area contributed by atoms with Crippen LogP contribution in [0, 0.1) is 12.1 Å². The molecule has 0 unspecified atom stereocenters. The average Bonchev–Trinajstić information content (AvgIpc) is 3.74. The SMILES string of the molecule is C[Si](C)(C)c1c[c-]c(-c2ccccn2)c2sc3ccccc3c12.[Ir].[c-]1ccccc1-c1cc(C2CC2)ccn1. The Balaban J connectivity index is 0.000000167. The first-order valence-corrected chi connectivity index (χ1v) is 17.5. The van der Waals surface area contributed by atoms with Crippen LogP contribution in [0.1, 0.15) is 24.3 Å². The summed E-state index contributed by atoms with van der Waals surface area (Å²) in [4.78, 5) is 8.94. The fraction of sp³-hybridized carbons (Fsp3) is 0.176. The predicted molar refractivity (Wildman–Crippen MR) is 165 cm³/mol. The molecule has 0 saturated heterocycles. The van der Waals surface area contributed by atoms with E-state index in [4.69, 9.17) is 0 Å². The fourth-order valence-electron chi connectivity index (χ4n) is 4.88. The molecule has 1 aliphatic rings. The minimum absolute atomic E-state index is 0. The summed E-state index contributed by atoms with van der Waals surface area (Å²) in [5, 5.41) is 4.28. The largest absolute Gasteiger partial charge is 0.305 e. The number of rotatable bonds is 4. The number of hydrogen-bond acceptors (Lipinski definition) is 3. The number of nitrogens with zero attached hydrogens (tertiary/aromatic N) is 2. The van der Waals surface area contributed by atoms with E-state index in [0.717, 1.165) is 28.4 Å². The molecule has 1 aliphatic carbocycles. The summed E-state index contributed by atoms with van der Waals surface area (Å²) in [5.74, 6) is 0.787. The van der Waals surface area contributed by atoms with Crippen molar-refractivity contribution in [2.24, 2.45) is 0 Å². The molecule has 2 nitrogen and oxygen atoms in total. The number of aromatic nitrogens is 2. The molecular formula is C34H30IrN2SSi-2. The summed E-state index contributed by atoms with van der Waals surface area (Å²) in [6.45, 7) is 7.22. The second kappa shape index (κ2) is 11.7. The zero-order chi connectivity index (χ0) is 26.1. The van der Waals surface area contributed by atoms with Crippen molar-refractivity contribution in [3.8, 4) is 22.5 Å². The molecule has 1 saturated carbocycles. The van der Waals surface area contributed by atoms with Gasteiger partial charge < -0.3 is 9.97 Å². The number of fused-ring (bicyclic) bond motifs is 3. The van der Waals surface area contributed by atoms with E-state index < -0.39 is 8.07 Å². The van der Waals surface area contributed by atoms with Crippen LogP contribution in [0.4, 0.5) is 0 Å². The Labute approximate surface area is 249 Å². The molecule has 7 rings (SSSR count). The Hall–Kier alpha value is -2.95. The smallest absolute Gasteiger partial charge is 0.0300 e. The van der Waals surface area contributed by atoms with E-state index >= 15 is 0 Å². The minimum atomic E-state index is -1.45. The maximum atomic E-state index is 4.55. The summed E-state index contributed by atoms with van der Waals surface area (Å²) in [7, 11) is -1.45. The van der Waals surface area contributed by atoms with E-state index in [1.54, 1.807) is 0 Å². The molecule has 0 bridgehead atoms. The van der Waals surface area contributed by atoms with Crippen LogP contribution in [0.2, 0.25) is 19.6 Å². The average molecular weight is 719 g/mol. The molecule has 5 heteroatoms. The molecule has 3 aromatic carbocycles. The molecule has 0 amide bonds. The molecule has 0 N–H and O–H groups in total. The standard InChI is InChI=1S/C20H18NSSi.C14H12N.Ir/c1-23(2,3)18-12-11-14(16-9-6-7-13-21-16)20-19(18)15-8-4-5-10-17(15)22-20;1-2-4-12(5-3-1)14-10-13(8-9-15-14)11-6-7-11;/h4-10,12-13H,1-3H3;1-4,8-11H,6-7H2;/q2*-1;. The first-order chi connectivity index (χ1) is 18.5. The Kier molecular flexibility index (Phi) is 8.25. The van der Waals surface area contributed by atoms with Gasteiger partial charge in [0.15, 0.2) is 0 Å². The van der Waals surface area contributed by atoms with Gasteiger partial charge in [0.05, 0.1) is 0 Å². The van der Waals surface area contributed by atoms with E-state index in [1.165, 1.54) is 43.8 Å². The Morgan fingerprint density at radius 3 is 2.31 bits per heavy atom. The van der Waals surface area contributed by atoms with Gasteiger partial charge in [-0.25, -0.2) is 0 Å². The normalized spacial score (nSPS) is 13.0. The maximum Gasteiger partial charge on any atom is 0.0300 e. The maximum absolute atomic E-state index is 4.55. The molecule has 0 spiro atoms. The van der Waals surface area contributed by atoms with Crippen molar-refractivity contribution in [2.45, 2.75) is 38.4 Å². The van der Waals surface area contributed by atoms with Crippen LogP contribution in [0.15, 0.2) is 97.3 Å². The topological polar surface area (TPSA) is 25.8 Å². The van der Waals surface area contributed by atoms with Crippen LogP contribution in [0.3, 0.4) is 0 Å². The minimum Gasteiger partial charge on any atom is -0.305 e. The van der Waals surface area contributed by atoms with E-state index in [-0.39, 0.29) is 20.1 Å². The number of benzene rings is 3. The third-order valence-electron chi connectivity index (χ3n) is 7.00. The molecule has 1 fully saturated rings. The van der Waals surface area contributed by atoms with Gasteiger partial charge in [0.1, 0.15) is 0 Å². The summed E-state index contributed by atoms with van der Waals surface area (Å²) < 4.78 is 2.67. The first kappa shape index (κ1) is 27.6. The Morgan fingerprint density at radius 1 is 0.821 bits per heavy atom. The molecule has 6 aromatic rings. The zero-order valence-electron chi connectivity index (χ0n) is 22.4. The van der Waals surface area contributed by atoms with E-state index in [1.807, 2.05) is 54.1 Å². The molecule has 3 aromatic heterocycles. The van der Waals surface area contributed by atoms with Crippen molar-refractivity contribution >= 4 is 44.8 Å². The molecular weight excluding hydrogens is 689 g/mol. The number of hydrogen-bond donors (Lipinski definition) is 0. The van der Waals surface area contributed by atoms with Crippen molar-refractivity contribution in [1.29, 1.82) is 0 Å². The molecule has 1 radical (unpaired) electrons. The van der Waals surface area contributed by atoms with Crippen LogP contribution >= 0.6 is 11.3 Å². The predicted octanol–water partition coefficient (Wildman–Crippen LogP) is 8.89. The van der Waals surface area contributed by atoms with Gasteiger partial charge in [-0.15, -0.1) is 58.8 Å². The molecule has 0 atom stereocenters. The Bertz CT molecular complexity index is 1700. The van der Waals surface area contributed by atoms with Crippen LogP contribution in [-0.2, 0) is 20.1 Å². The van der Waals surface area contributed by atoms with Crippen molar-refractivity contribution < 1.29 is 20.1 Å². The van der Waals surface area contributed by atoms with Gasteiger partial charge in [0.25, 0.3) is 0 Å². The monoisotopic (exact) mass is 719 g/mol. The summed E-state index contributed by atoms with van der Waals surface area (Å²) in [6.07, 6.45) is 6.43. The first-order valence-electron chi connectivity index (χ1n) is 13.2. The van der Waals surface area contributed by atoms with Gasteiger partial charge >= 0.3 is 0 Å². The third kappa shape index (κ3) is 5.97. The van der Waals surface area contributed by atoms with Crippen LogP contribution in [0.5, 0.6) is 0 Å². The van der Waals surface area contributed by atoms with E-state index in [2.05, 4.69) is 96.3 Å². The number of pyridine rings is 2. The summed E-state index contributed by atoms with van der Waals surface area (Å²) >= 11 is 1.86. The molecule has 39 heavy (non-hydrogen) atoms.